The van der Waals surface area contributed by atoms with Crippen LogP contribution in [0.2, 0.25) is 0 Å². The highest BCUT2D eigenvalue weighted by Gasteiger charge is 2.34. The normalized spacial score (nSPS) is 14.1. The van der Waals surface area contributed by atoms with Gasteiger partial charge in [0, 0.05) is 5.69 Å². The van der Waals surface area contributed by atoms with E-state index in [0.29, 0.717) is 6.42 Å². The number of aryl methyl sites for hydroxylation is 1. The van der Waals surface area contributed by atoms with Gasteiger partial charge in [0.15, 0.2) is 6.10 Å². The van der Waals surface area contributed by atoms with Crippen molar-refractivity contribution in [2.24, 2.45) is 0 Å². The Kier molecular flexibility index (Phi) is 8.94. The van der Waals surface area contributed by atoms with Crippen LogP contribution < -0.4 is 16.0 Å². The lowest BCUT2D eigenvalue weighted by molar-refractivity contribution is -0.151. The van der Waals surface area contributed by atoms with Crippen LogP contribution in [0.5, 0.6) is 0 Å². The molecule has 0 aliphatic carbocycles. The summed E-state index contributed by atoms with van der Waals surface area (Å²) in [5.41, 5.74) is -0.228. The quantitative estimate of drug-likeness (QED) is 0.363. The predicted molar refractivity (Wildman–Crippen MR) is 113 cm³/mol. The molecule has 1 unspecified atom stereocenters. The number of alkyl halides is 3. The molecular formula is C22H24F3N3O5. The van der Waals surface area contributed by atoms with Gasteiger partial charge in [-0.2, -0.15) is 13.2 Å². The number of benzene rings is 2. The molecule has 0 aromatic heterocycles. The summed E-state index contributed by atoms with van der Waals surface area (Å²) >= 11 is 0. The van der Waals surface area contributed by atoms with Crippen molar-refractivity contribution in [2.75, 3.05) is 12.4 Å². The number of aliphatic hydroxyl groups excluding tert-OH is 1. The second-order valence-corrected chi connectivity index (χ2v) is 7.20. The number of likely N-dealkylation sites (N-methyl/N-ethyl adjacent to an activating group) is 1. The van der Waals surface area contributed by atoms with Gasteiger partial charge < -0.3 is 26.2 Å². The van der Waals surface area contributed by atoms with Gasteiger partial charge in [0.05, 0.1) is 5.56 Å². The molecule has 8 nitrogen and oxygen atoms in total. The number of anilines is 1. The Bertz CT molecular complexity index is 969. The van der Waals surface area contributed by atoms with Crippen molar-refractivity contribution in [1.82, 2.24) is 10.6 Å². The molecule has 0 aliphatic heterocycles. The van der Waals surface area contributed by atoms with E-state index in [0.717, 1.165) is 23.8 Å². The van der Waals surface area contributed by atoms with Crippen LogP contribution in [-0.2, 0) is 27.0 Å². The lowest BCUT2D eigenvalue weighted by Gasteiger charge is -2.23. The Morgan fingerprint density at radius 1 is 1.00 bits per heavy atom. The highest BCUT2D eigenvalue weighted by molar-refractivity contribution is 5.98. The van der Waals surface area contributed by atoms with Crippen LogP contribution in [0, 0.1) is 0 Å². The monoisotopic (exact) mass is 467 g/mol. The van der Waals surface area contributed by atoms with Crippen molar-refractivity contribution < 1.29 is 37.8 Å². The van der Waals surface area contributed by atoms with E-state index in [1.54, 1.807) is 30.3 Å². The Hall–Kier alpha value is -3.44. The Morgan fingerprint density at radius 3 is 2.24 bits per heavy atom. The highest BCUT2D eigenvalue weighted by Crippen LogP contribution is 2.30. The van der Waals surface area contributed by atoms with Crippen LogP contribution in [0.25, 0.3) is 0 Å². The second kappa shape index (κ2) is 11.4. The van der Waals surface area contributed by atoms with Crippen molar-refractivity contribution in [2.45, 2.75) is 37.2 Å². The topological polar surface area (TPSA) is 128 Å². The fourth-order valence-corrected chi connectivity index (χ4v) is 3.06. The van der Waals surface area contributed by atoms with Gasteiger partial charge in [0.2, 0.25) is 11.8 Å². The number of carboxylic acids is 1. The van der Waals surface area contributed by atoms with E-state index in [9.17, 15) is 32.7 Å². The van der Waals surface area contributed by atoms with Gasteiger partial charge >= 0.3 is 12.1 Å². The Balaban J connectivity index is 2.21. The minimum Gasteiger partial charge on any atom is -0.479 e. The van der Waals surface area contributed by atoms with Crippen LogP contribution in [0.4, 0.5) is 18.9 Å². The molecule has 0 aliphatic rings. The number of amides is 2. The summed E-state index contributed by atoms with van der Waals surface area (Å²) < 4.78 is 38.9. The van der Waals surface area contributed by atoms with E-state index in [1.165, 1.54) is 13.1 Å². The standard InChI is InChI=1S/C22H24F3N3O5/c1-26-17(18(29)21(32)33)20(31)28-16(11-10-13-6-3-2-4-7-13)19(30)27-15-9-5-8-14(12-15)22(23,24)25/h2-9,12,16-18,26,29H,10-11H2,1H3,(H,27,30)(H,28,31)(H,32,33)/t16-,17?,18-/m0/s1. The molecule has 2 rings (SSSR count). The van der Waals surface area contributed by atoms with Gasteiger partial charge in [-0.05, 0) is 43.7 Å². The summed E-state index contributed by atoms with van der Waals surface area (Å²) in [5.74, 6) is -3.39. The predicted octanol–water partition coefficient (Wildman–Crippen LogP) is 1.79. The number of aliphatic hydroxyl groups is 1. The minimum atomic E-state index is -4.60. The first-order valence-electron chi connectivity index (χ1n) is 9.93. The zero-order valence-electron chi connectivity index (χ0n) is 17.6. The number of carbonyl (C=O) groups excluding carboxylic acids is 2. The van der Waals surface area contributed by atoms with Crippen LogP contribution in [0.3, 0.4) is 0 Å². The van der Waals surface area contributed by atoms with Crippen molar-refractivity contribution in [3.8, 4) is 0 Å². The first-order chi connectivity index (χ1) is 15.5. The van der Waals surface area contributed by atoms with E-state index in [1.807, 2.05) is 0 Å². The maximum Gasteiger partial charge on any atom is 0.416 e. The molecule has 0 spiro atoms. The summed E-state index contributed by atoms with van der Waals surface area (Å²) in [6.45, 7) is 0. The average molecular weight is 467 g/mol. The molecule has 0 heterocycles. The number of halogens is 3. The molecule has 11 heteroatoms. The molecule has 178 valence electrons. The summed E-state index contributed by atoms with van der Waals surface area (Å²) in [6, 6.07) is 10.2. The molecular weight excluding hydrogens is 443 g/mol. The third-order valence-corrected chi connectivity index (χ3v) is 4.82. The van der Waals surface area contributed by atoms with Crippen LogP contribution >= 0.6 is 0 Å². The smallest absolute Gasteiger partial charge is 0.416 e. The molecule has 0 saturated heterocycles. The van der Waals surface area contributed by atoms with E-state index < -0.39 is 47.7 Å². The first kappa shape index (κ1) is 25.8. The van der Waals surface area contributed by atoms with Gasteiger partial charge in [-0.1, -0.05) is 36.4 Å². The van der Waals surface area contributed by atoms with Gasteiger partial charge in [0.1, 0.15) is 12.1 Å². The summed E-state index contributed by atoms with van der Waals surface area (Å²) in [7, 11) is 1.26. The largest absolute Gasteiger partial charge is 0.479 e. The van der Waals surface area contributed by atoms with E-state index in [2.05, 4.69) is 16.0 Å². The number of hydrogen-bond donors (Lipinski definition) is 5. The van der Waals surface area contributed by atoms with Crippen molar-refractivity contribution >= 4 is 23.5 Å². The second-order valence-electron chi connectivity index (χ2n) is 7.20. The Morgan fingerprint density at radius 2 is 1.67 bits per heavy atom. The number of carbonyl (C=O) groups is 3. The van der Waals surface area contributed by atoms with Crippen LogP contribution in [-0.4, -0.2) is 53.2 Å². The van der Waals surface area contributed by atoms with Crippen molar-refractivity contribution in [3.63, 3.8) is 0 Å². The maximum atomic E-state index is 13.0. The summed E-state index contributed by atoms with van der Waals surface area (Å²) in [5, 5.41) is 25.8. The number of hydrogen-bond acceptors (Lipinski definition) is 5. The lowest BCUT2D eigenvalue weighted by atomic mass is 10.0. The molecule has 0 fully saturated rings. The maximum absolute atomic E-state index is 13.0. The summed E-state index contributed by atoms with van der Waals surface area (Å²) in [4.78, 5) is 36.4. The van der Waals surface area contributed by atoms with Gasteiger partial charge in [-0.25, -0.2) is 4.79 Å². The molecule has 2 aromatic rings. The third-order valence-electron chi connectivity index (χ3n) is 4.82. The van der Waals surface area contributed by atoms with Gasteiger partial charge in [-0.15, -0.1) is 0 Å². The summed E-state index contributed by atoms with van der Waals surface area (Å²) in [6.07, 6.45) is -6.27. The van der Waals surface area contributed by atoms with Gasteiger partial charge in [-0.3, -0.25) is 9.59 Å². The number of nitrogens with one attached hydrogen (secondary N) is 3. The van der Waals surface area contributed by atoms with Crippen LogP contribution in [0.1, 0.15) is 17.5 Å². The minimum absolute atomic E-state index is 0.0696. The molecule has 5 N–H and O–H groups in total. The SMILES string of the molecule is CNC(C(=O)N[C@@H](CCc1ccccc1)C(=O)Nc1cccc(C(F)(F)F)c1)[C@H](O)C(=O)O. The Labute approximate surface area is 187 Å². The third kappa shape index (κ3) is 7.58. The molecule has 0 radical (unpaired) electrons. The van der Waals surface area contributed by atoms with Crippen LogP contribution in [0.15, 0.2) is 54.6 Å². The van der Waals surface area contributed by atoms with E-state index in [4.69, 9.17) is 5.11 Å². The average Bonchev–Trinajstić information content (AvgIpc) is 2.77. The lowest BCUT2D eigenvalue weighted by Crippen LogP contribution is -2.56. The van der Waals surface area contributed by atoms with E-state index in [-0.39, 0.29) is 12.1 Å². The number of rotatable bonds is 10. The molecule has 33 heavy (non-hydrogen) atoms. The number of aliphatic carboxylic acids is 1. The zero-order valence-corrected chi connectivity index (χ0v) is 17.6. The fourth-order valence-electron chi connectivity index (χ4n) is 3.06. The van der Waals surface area contributed by atoms with Gasteiger partial charge in [0.25, 0.3) is 0 Å². The van der Waals surface area contributed by atoms with E-state index >= 15 is 0 Å². The molecule has 2 aromatic carbocycles. The van der Waals surface area contributed by atoms with Crippen molar-refractivity contribution in [1.29, 1.82) is 0 Å². The number of carboxylic acid groups (broad SMARTS) is 1. The molecule has 0 saturated carbocycles. The molecule has 0 bridgehead atoms. The molecule has 2 amide bonds. The highest BCUT2D eigenvalue weighted by atomic mass is 19.4. The fraction of sp³-hybridized carbons (Fsp3) is 0.318. The molecule has 3 atom stereocenters. The zero-order chi connectivity index (χ0) is 24.6. The van der Waals surface area contributed by atoms with Crippen molar-refractivity contribution in [3.05, 3.63) is 65.7 Å². The first-order valence-corrected chi connectivity index (χ1v) is 9.93.